The molecular weight excluding hydrogens is 230 g/mol. The van der Waals surface area contributed by atoms with Crippen molar-refractivity contribution in [2.75, 3.05) is 32.3 Å². The van der Waals surface area contributed by atoms with Gasteiger partial charge in [-0.1, -0.05) is 11.6 Å². The van der Waals surface area contributed by atoms with E-state index in [1.165, 1.54) is 0 Å². The highest BCUT2D eigenvalue weighted by Crippen LogP contribution is 2.29. The van der Waals surface area contributed by atoms with E-state index in [2.05, 4.69) is 0 Å². The zero-order valence-corrected chi connectivity index (χ0v) is 10.1. The first kappa shape index (κ1) is 13.1. The average molecular weight is 246 g/mol. The van der Waals surface area contributed by atoms with E-state index >= 15 is 0 Å². The van der Waals surface area contributed by atoms with Gasteiger partial charge in [0, 0.05) is 12.7 Å². The van der Waals surface area contributed by atoms with Crippen molar-refractivity contribution in [1.29, 1.82) is 0 Å². The highest BCUT2D eigenvalue weighted by molar-refractivity contribution is 6.32. The number of methoxy groups -OCH3 is 1. The number of rotatable bonds is 5. The highest BCUT2D eigenvalue weighted by Gasteiger charge is 2.14. The summed E-state index contributed by atoms with van der Waals surface area (Å²) in [6.07, 6.45) is 0. The van der Waals surface area contributed by atoms with Crippen LogP contribution in [-0.2, 0) is 0 Å². The molecule has 0 aliphatic heterocycles. The minimum atomic E-state index is -0.329. The van der Waals surface area contributed by atoms with E-state index < -0.39 is 0 Å². The Hall–Kier alpha value is -0.970. The number of benzene rings is 1. The number of ether oxygens (including phenoxy) is 1. The van der Waals surface area contributed by atoms with E-state index in [0.717, 1.165) is 5.69 Å². The molecule has 0 amide bonds. The molecule has 0 unspecified atom stereocenters. The lowest BCUT2D eigenvalue weighted by molar-refractivity contribution is 0.191. The molecule has 0 aliphatic rings. The molecule has 0 heterocycles. The number of halogens is 1. The van der Waals surface area contributed by atoms with Crippen molar-refractivity contribution in [3.8, 4) is 5.75 Å². The highest BCUT2D eigenvalue weighted by atomic mass is 35.5. The number of hydrogen-bond donors (Lipinski definition) is 2. The summed E-state index contributed by atoms with van der Waals surface area (Å²) in [6, 6.07) is 4.98. The second-order valence-corrected chi connectivity index (χ2v) is 3.86. The Morgan fingerprint density at radius 3 is 2.44 bits per heavy atom. The molecule has 0 bridgehead atoms. The summed E-state index contributed by atoms with van der Waals surface area (Å²) in [7, 11) is 3.34. The van der Waals surface area contributed by atoms with Crippen molar-refractivity contribution in [3.63, 3.8) is 0 Å². The third-order valence-electron chi connectivity index (χ3n) is 2.51. The Kier molecular flexibility index (Phi) is 4.86. The molecule has 1 aromatic carbocycles. The molecule has 0 spiro atoms. The molecule has 1 rings (SSSR count). The first-order valence-electron chi connectivity index (χ1n) is 4.92. The monoisotopic (exact) mass is 245 g/mol. The molecule has 0 fully saturated rings. The van der Waals surface area contributed by atoms with Crippen molar-refractivity contribution in [2.24, 2.45) is 0 Å². The average Bonchev–Trinajstić information content (AvgIpc) is 2.30. The summed E-state index contributed by atoms with van der Waals surface area (Å²) in [5, 5.41) is 18.6. The molecule has 0 saturated carbocycles. The number of nitrogens with zero attached hydrogens (tertiary/aromatic N) is 1. The van der Waals surface area contributed by atoms with E-state index in [9.17, 15) is 0 Å². The van der Waals surface area contributed by atoms with Gasteiger partial charge in [0.2, 0.25) is 0 Å². The zero-order chi connectivity index (χ0) is 12.1. The van der Waals surface area contributed by atoms with Crippen LogP contribution in [0.1, 0.15) is 0 Å². The standard InChI is InChI=1S/C11H16ClNO3/c1-13(9(6-14)7-15)8-3-4-11(16-2)10(12)5-8/h3-5,9,14-15H,6-7H2,1-2H3. The largest absolute Gasteiger partial charge is 0.495 e. The van der Waals surface area contributed by atoms with Crippen LogP contribution in [-0.4, -0.2) is 43.6 Å². The van der Waals surface area contributed by atoms with Crippen LogP contribution >= 0.6 is 11.6 Å². The van der Waals surface area contributed by atoms with Gasteiger partial charge in [-0.15, -0.1) is 0 Å². The van der Waals surface area contributed by atoms with Gasteiger partial charge in [-0.25, -0.2) is 0 Å². The van der Waals surface area contributed by atoms with Crippen molar-refractivity contribution in [1.82, 2.24) is 0 Å². The fourth-order valence-electron chi connectivity index (χ4n) is 1.39. The maximum Gasteiger partial charge on any atom is 0.137 e. The van der Waals surface area contributed by atoms with Gasteiger partial charge in [-0.05, 0) is 18.2 Å². The molecule has 4 nitrogen and oxygen atoms in total. The lowest BCUT2D eigenvalue weighted by Gasteiger charge is -2.27. The molecule has 16 heavy (non-hydrogen) atoms. The molecule has 90 valence electrons. The topological polar surface area (TPSA) is 52.9 Å². The Morgan fingerprint density at radius 2 is 2.00 bits per heavy atom. The fraction of sp³-hybridized carbons (Fsp3) is 0.455. The lowest BCUT2D eigenvalue weighted by Crippen LogP contribution is -2.37. The van der Waals surface area contributed by atoms with Crippen LogP contribution in [0.4, 0.5) is 5.69 Å². The molecule has 2 N–H and O–H groups in total. The summed E-state index contributed by atoms with van der Waals surface area (Å²) in [6.45, 7) is -0.229. The van der Waals surface area contributed by atoms with Gasteiger partial charge in [0.1, 0.15) is 5.75 Å². The maximum absolute atomic E-state index is 9.07. The van der Waals surface area contributed by atoms with Gasteiger partial charge in [0.25, 0.3) is 0 Å². The molecule has 5 heteroatoms. The van der Waals surface area contributed by atoms with Gasteiger partial charge < -0.3 is 19.8 Å². The van der Waals surface area contributed by atoms with Crippen molar-refractivity contribution in [2.45, 2.75) is 6.04 Å². The third-order valence-corrected chi connectivity index (χ3v) is 2.81. The fourth-order valence-corrected chi connectivity index (χ4v) is 1.64. The summed E-state index contributed by atoms with van der Waals surface area (Å²) < 4.78 is 5.04. The van der Waals surface area contributed by atoms with Gasteiger partial charge in [-0.3, -0.25) is 0 Å². The smallest absolute Gasteiger partial charge is 0.137 e. The van der Waals surface area contributed by atoms with Crippen LogP contribution in [0.15, 0.2) is 18.2 Å². The Morgan fingerprint density at radius 1 is 1.38 bits per heavy atom. The van der Waals surface area contributed by atoms with E-state index in [4.69, 9.17) is 26.6 Å². The minimum absolute atomic E-state index is 0.114. The summed E-state index contributed by atoms with van der Waals surface area (Å²) in [4.78, 5) is 1.77. The predicted molar refractivity (Wildman–Crippen MR) is 64.4 cm³/mol. The Bertz CT molecular complexity index is 342. The van der Waals surface area contributed by atoms with E-state index in [0.29, 0.717) is 10.8 Å². The Labute approximate surface area is 100 Å². The number of likely N-dealkylation sites (N-methyl/N-ethyl adjacent to an activating group) is 1. The summed E-state index contributed by atoms with van der Waals surface area (Å²) >= 11 is 5.99. The molecular formula is C11H16ClNO3. The van der Waals surface area contributed by atoms with Crippen LogP contribution in [0.5, 0.6) is 5.75 Å². The second-order valence-electron chi connectivity index (χ2n) is 3.45. The molecule has 0 atom stereocenters. The lowest BCUT2D eigenvalue weighted by atomic mass is 10.2. The number of hydrogen-bond acceptors (Lipinski definition) is 4. The number of aliphatic hydroxyl groups excluding tert-OH is 2. The summed E-state index contributed by atoms with van der Waals surface area (Å²) in [5.41, 5.74) is 0.818. The van der Waals surface area contributed by atoms with Crippen LogP contribution in [0, 0.1) is 0 Å². The SMILES string of the molecule is COc1ccc(N(C)C(CO)CO)cc1Cl. The predicted octanol–water partition coefficient (Wildman–Crippen LogP) is 1.14. The molecule has 1 aromatic rings. The van der Waals surface area contributed by atoms with E-state index in [-0.39, 0.29) is 19.3 Å². The van der Waals surface area contributed by atoms with Crippen LogP contribution in [0.25, 0.3) is 0 Å². The van der Waals surface area contributed by atoms with Crippen molar-refractivity contribution >= 4 is 17.3 Å². The van der Waals surface area contributed by atoms with E-state index in [1.54, 1.807) is 31.2 Å². The minimum Gasteiger partial charge on any atom is -0.495 e. The zero-order valence-electron chi connectivity index (χ0n) is 9.35. The van der Waals surface area contributed by atoms with Gasteiger partial charge in [0.15, 0.2) is 0 Å². The van der Waals surface area contributed by atoms with Crippen LogP contribution in [0.2, 0.25) is 5.02 Å². The number of aliphatic hydroxyl groups is 2. The Balaban J connectivity index is 2.91. The van der Waals surface area contributed by atoms with Gasteiger partial charge >= 0.3 is 0 Å². The first-order valence-corrected chi connectivity index (χ1v) is 5.30. The normalized spacial score (nSPS) is 10.6. The molecule has 0 saturated heterocycles. The molecule has 0 radical (unpaired) electrons. The third kappa shape index (κ3) is 2.78. The van der Waals surface area contributed by atoms with Crippen LogP contribution < -0.4 is 9.64 Å². The van der Waals surface area contributed by atoms with Crippen molar-refractivity contribution < 1.29 is 14.9 Å². The second kappa shape index (κ2) is 5.94. The maximum atomic E-state index is 9.07. The number of anilines is 1. The molecule has 0 aliphatic carbocycles. The van der Waals surface area contributed by atoms with Crippen LogP contribution in [0.3, 0.4) is 0 Å². The first-order chi connectivity index (χ1) is 7.63. The summed E-state index contributed by atoms with van der Waals surface area (Å²) in [5.74, 6) is 0.600. The molecule has 0 aromatic heterocycles. The van der Waals surface area contributed by atoms with E-state index in [1.807, 2.05) is 6.07 Å². The van der Waals surface area contributed by atoms with Gasteiger partial charge in [0.05, 0.1) is 31.4 Å². The quantitative estimate of drug-likeness (QED) is 0.817. The van der Waals surface area contributed by atoms with Gasteiger partial charge in [-0.2, -0.15) is 0 Å². The van der Waals surface area contributed by atoms with Crippen molar-refractivity contribution in [3.05, 3.63) is 23.2 Å².